The second kappa shape index (κ2) is 6.91. The fraction of sp³-hybridized carbons (Fsp3) is 0.375. The number of amides is 1. The van der Waals surface area contributed by atoms with E-state index in [-0.39, 0.29) is 5.91 Å². The SMILES string of the molecule is COc1cc(-c2cncc(C(=O)N3CCCCC3)n2)c(Cl)cn1. The second-order valence-electron chi connectivity index (χ2n) is 5.35. The van der Waals surface area contributed by atoms with Crippen LogP contribution in [0.4, 0.5) is 0 Å². The van der Waals surface area contributed by atoms with E-state index in [0.717, 1.165) is 25.9 Å². The van der Waals surface area contributed by atoms with Gasteiger partial charge >= 0.3 is 0 Å². The molecule has 0 aliphatic carbocycles. The number of aromatic nitrogens is 3. The van der Waals surface area contributed by atoms with Gasteiger partial charge in [0, 0.05) is 24.7 Å². The number of piperidine rings is 1. The maximum absolute atomic E-state index is 12.5. The number of pyridine rings is 1. The summed E-state index contributed by atoms with van der Waals surface area (Å²) in [5.74, 6) is 0.343. The number of nitrogens with zero attached hydrogens (tertiary/aromatic N) is 4. The van der Waals surface area contributed by atoms with Crippen molar-refractivity contribution in [1.29, 1.82) is 0 Å². The predicted octanol–water partition coefficient (Wildman–Crippen LogP) is 2.83. The van der Waals surface area contributed by atoms with E-state index in [1.165, 1.54) is 25.9 Å². The van der Waals surface area contributed by atoms with Crippen LogP contribution >= 0.6 is 11.6 Å². The molecule has 0 bridgehead atoms. The first-order chi connectivity index (χ1) is 11.2. The zero-order valence-corrected chi connectivity index (χ0v) is 13.6. The van der Waals surface area contributed by atoms with E-state index in [2.05, 4.69) is 15.0 Å². The Hall–Kier alpha value is -2.21. The molecule has 0 unspecified atom stereocenters. The number of halogens is 1. The second-order valence-corrected chi connectivity index (χ2v) is 5.76. The van der Waals surface area contributed by atoms with Crippen molar-refractivity contribution in [3.8, 4) is 17.1 Å². The number of carbonyl (C=O) groups is 1. The molecule has 1 fully saturated rings. The highest BCUT2D eigenvalue weighted by Gasteiger charge is 2.20. The van der Waals surface area contributed by atoms with E-state index in [9.17, 15) is 4.79 Å². The molecule has 0 saturated carbocycles. The molecule has 120 valence electrons. The van der Waals surface area contributed by atoms with Crippen molar-refractivity contribution in [1.82, 2.24) is 19.9 Å². The Labute approximate surface area is 139 Å². The van der Waals surface area contributed by atoms with Crippen molar-refractivity contribution in [2.75, 3.05) is 20.2 Å². The van der Waals surface area contributed by atoms with Crippen molar-refractivity contribution < 1.29 is 9.53 Å². The Bertz CT molecular complexity index is 717. The molecule has 2 aromatic rings. The quantitative estimate of drug-likeness (QED) is 0.864. The lowest BCUT2D eigenvalue weighted by molar-refractivity contribution is 0.0718. The van der Waals surface area contributed by atoms with Crippen LogP contribution in [0.5, 0.6) is 5.88 Å². The molecule has 3 rings (SSSR count). The first-order valence-corrected chi connectivity index (χ1v) is 7.88. The predicted molar refractivity (Wildman–Crippen MR) is 86.6 cm³/mol. The summed E-state index contributed by atoms with van der Waals surface area (Å²) in [4.78, 5) is 27.0. The third-order valence-corrected chi connectivity index (χ3v) is 4.11. The average molecular weight is 333 g/mol. The van der Waals surface area contributed by atoms with Crippen molar-refractivity contribution in [3.05, 3.63) is 35.4 Å². The Morgan fingerprint density at radius 2 is 2.00 bits per heavy atom. The molecule has 7 heteroatoms. The van der Waals surface area contributed by atoms with Gasteiger partial charge in [0.25, 0.3) is 5.91 Å². The lowest BCUT2D eigenvalue weighted by atomic mass is 10.1. The van der Waals surface area contributed by atoms with E-state index in [0.29, 0.717) is 27.9 Å². The van der Waals surface area contributed by atoms with Gasteiger partial charge < -0.3 is 9.64 Å². The fourth-order valence-corrected chi connectivity index (χ4v) is 2.79. The van der Waals surface area contributed by atoms with E-state index < -0.39 is 0 Å². The zero-order valence-electron chi connectivity index (χ0n) is 12.8. The van der Waals surface area contributed by atoms with Crippen LogP contribution in [0.25, 0.3) is 11.3 Å². The van der Waals surface area contributed by atoms with Gasteiger partial charge in [-0.3, -0.25) is 9.78 Å². The summed E-state index contributed by atoms with van der Waals surface area (Å²) in [6, 6.07) is 1.68. The number of ether oxygens (including phenoxy) is 1. The van der Waals surface area contributed by atoms with Gasteiger partial charge in [-0.1, -0.05) is 11.6 Å². The Kier molecular flexibility index (Phi) is 4.71. The van der Waals surface area contributed by atoms with Gasteiger partial charge in [-0.05, 0) is 19.3 Å². The van der Waals surface area contributed by atoms with Gasteiger partial charge in [-0.2, -0.15) is 0 Å². The number of rotatable bonds is 3. The Morgan fingerprint density at radius 1 is 1.22 bits per heavy atom. The highest BCUT2D eigenvalue weighted by molar-refractivity contribution is 6.33. The molecular weight excluding hydrogens is 316 g/mol. The van der Waals surface area contributed by atoms with Crippen LogP contribution in [0.3, 0.4) is 0 Å². The first kappa shape index (κ1) is 15.7. The Balaban J connectivity index is 1.92. The normalized spacial score (nSPS) is 14.6. The van der Waals surface area contributed by atoms with Crippen LogP contribution < -0.4 is 4.74 Å². The first-order valence-electron chi connectivity index (χ1n) is 7.50. The molecule has 0 aromatic carbocycles. The molecular formula is C16H17ClN4O2. The van der Waals surface area contributed by atoms with Crippen LogP contribution in [0.2, 0.25) is 5.02 Å². The van der Waals surface area contributed by atoms with Crippen LogP contribution in [0.15, 0.2) is 24.7 Å². The number of hydrogen-bond acceptors (Lipinski definition) is 5. The summed E-state index contributed by atoms with van der Waals surface area (Å²) in [7, 11) is 1.53. The topological polar surface area (TPSA) is 68.2 Å². The van der Waals surface area contributed by atoms with Crippen LogP contribution in [-0.4, -0.2) is 46.0 Å². The third kappa shape index (κ3) is 3.42. The molecule has 3 heterocycles. The average Bonchev–Trinajstić information content (AvgIpc) is 2.62. The smallest absolute Gasteiger partial charge is 0.274 e. The van der Waals surface area contributed by atoms with E-state index in [1.54, 1.807) is 12.3 Å². The van der Waals surface area contributed by atoms with Gasteiger partial charge in [-0.25, -0.2) is 9.97 Å². The van der Waals surface area contributed by atoms with E-state index in [1.807, 2.05) is 4.90 Å². The lowest BCUT2D eigenvalue weighted by Crippen LogP contribution is -2.36. The molecule has 1 amide bonds. The maximum Gasteiger partial charge on any atom is 0.274 e. The van der Waals surface area contributed by atoms with Crippen molar-refractivity contribution in [2.24, 2.45) is 0 Å². The molecule has 0 N–H and O–H groups in total. The van der Waals surface area contributed by atoms with Crippen LogP contribution in [0.1, 0.15) is 29.8 Å². The van der Waals surface area contributed by atoms with Gasteiger partial charge in [0.2, 0.25) is 5.88 Å². The largest absolute Gasteiger partial charge is 0.481 e. The molecule has 1 saturated heterocycles. The molecule has 0 atom stereocenters. The summed E-state index contributed by atoms with van der Waals surface area (Å²) in [5, 5.41) is 0.433. The summed E-state index contributed by atoms with van der Waals surface area (Å²) in [5.41, 5.74) is 1.49. The summed E-state index contributed by atoms with van der Waals surface area (Å²) in [6.45, 7) is 1.54. The number of methoxy groups -OCH3 is 1. The molecule has 1 aliphatic heterocycles. The third-order valence-electron chi connectivity index (χ3n) is 3.81. The summed E-state index contributed by atoms with van der Waals surface area (Å²) >= 11 is 6.19. The van der Waals surface area contributed by atoms with E-state index >= 15 is 0 Å². The molecule has 6 nitrogen and oxygen atoms in total. The lowest BCUT2D eigenvalue weighted by Gasteiger charge is -2.26. The zero-order chi connectivity index (χ0) is 16.2. The molecule has 0 spiro atoms. The van der Waals surface area contributed by atoms with Crippen molar-refractivity contribution in [2.45, 2.75) is 19.3 Å². The highest BCUT2D eigenvalue weighted by atomic mass is 35.5. The molecule has 1 aliphatic rings. The minimum absolute atomic E-state index is 0.0869. The molecule has 0 radical (unpaired) electrons. The number of likely N-dealkylation sites (tertiary alicyclic amines) is 1. The van der Waals surface area contributed by atoms with Crippen LogP contribution in [-0.2, 0) is 0 Å². The van der Waals surface area contributed by atoms with Crippen LogP contribution in [0, 0.1) is 0 Å². The highest BCUT2D eigenvalue weighted by Crippen LogP contribution is 2.28. The van der Waals surface area contributed by atoms with Gasteiger partial charge in [-0.15, -0.1) is 0 Å². The molecule has 2 aromatic heterocycles. The van der Waals surface area contributed by atoms with E-state index in [4.69, 9.17) is 16.3 Å². The molecule has 23 heavy (non-hydrogen) atoms. The maximum atomic E-state index is 12.5. The monoisotopic (exact) mass is 332 g/mol. The number of carbonyl (C=O) groups excluding carboxylic acids is 1. The van der Waals surface area contributed by atoms with Gasteiger partial charge in [0.05, 0.1) is 36.4 Å². The fourth-order valence-electron chi connectivity index (χ4n) is 2.59. The van der Waals surface area contributed by atoms with Gasteiger partial charge in [0.15, 0.2) is 0 Å². The summed E-state index contributed by atoms with van der Waals surface area (Å²) in [6.07, 6.45) is 7.80. The minimum atomic E-state index is -0.0869. The van der Waals surface area contributed by atoms with Crippen molar-refractivity contribution >= 4 is 17.5 Å². The standard InChI is InChI=1S/C16H17ClN4O2/c1-23-15-7-11(12(17)8-19-15)13-9-18-10-14(20-13)16(22)21-5-3-2-4-6-21/h7-10H,2-6H2,1H3. The minimum Gasteiger partial charge on any atom is -0.481 e. The van der Waals surface area contributed by atoms with Gasteiger partial charge in [0.1, 0.15) is 5.69 Å². The Morgan fingerprint density at radius 3 is 2.74 bits per heavy atom. The summed E-state index contributed by atoms with van der Waals surface area (Å²) < 4.78 is 5.11. The van der Waals surface area contributed by atoms with Crippen molar-refractivity contribution in [3.63, 3.8) is 0 Å². The number of hydrogen-bond donors (Lipinski definition) is 0.